The summed E-state index contributed by atoms with van der Waals surface area (Å²) in [5.41, 5.74) is 0.739. The molecule has 2 saturated heterocycles. The van der Waals surface area contributed by atoms with Crippen LogP contribution in [0.25, 0.3) is 0 Å². The summed E-state index contributed by atoms with van der Waals surface area (Å²) in [6.45, 7) is 10.1. The number of ether oxygens (including phenoxy) is 4. The molecular formula is C32H38N6O6S. The van der Waals surface area contributed by atoms with Crippen LogP contribution in [0.3, 0.4) is 0 Å². The number of alkyl carbamates (subject to hydrolysis) is 1. The van der Waals surface area contributed by atoms with Crippen molar-refractivity contribution in [3.8, 4) is 11.5 Å². The normalized spacial score (nSPS) is 20.7. The molecule has 45 heavy (non-hydrogen) atoms. The first-order valence-electron chi connectivity index (χ1n) is 15.2. The SMILES string of the molecule is Cc1nc(N2CCC3(CC2)Oc2ccccc2[C@H]3NC(=O)OC(C)(C)C)c(CO)nc1Sc1ccnc2c1OCC1(COC1)N2. The Morgan fingerprint density at radius 1 is 1.18 bits per heavy atom. The summed E-state index contributed by atoms with van der Waals surface area (Å²) in [5, 5.41) is 17.7. The quantitative estimate of drug-likeness (QED) is 0.367. The highest BCUT2D eigenvalue weighted by Crippen LogP contribution is 2.49. The third-order valence-electron chi connectivity index (χ3n) is 8.58. The van der Waals surface area contributed by atoms with Gasteiger partial charge >= 0.3 is 6.09 Å². The van der Waals surface area contributed by atoms with Crippen molar-refractivity contribution in [2.75, 3.05) is 43.1 Å². The lowest BCUT2D eigenvalue weighted by atomic mass is 9.82. The zero-order valence-electron chi connectivity index (χ0n) is 25.9. The van der Waals surface area contributed by atoms with E-state index in [9.17, 15) is 9.90 Å². The molecule has 2 aromatic heterocycles. The number of anilines is 2. The summed E-state index contributed by atoms with van der Waals surface area (Å²) in [6.07, 6.45) is 2.53. The van der Waals surface area contributed by atoms with E-state index in [0.717, 1.165) is 21.9 Å². The molecule has 0 aliphatic carbocycles. The number of piperidine rings is 1. The Morgan fingerprint density at radius 2 is 1.96 bits per heavy atom. The number of hydrogen-bond donors (Lipinski definition) is 3. The van der Waals surface area contributed by atoms with Crippen LogP contribution in [0.4, 0.5) is 16.4 Å². The van der Waals surface area contributed by atoms with Crippen LogP contribution in [0.2, 0.25) is 0 Å². The lowest BCUT2D eigenvalue weighted by Gasteiger charge is -2.45. The number of aliphatic hydroxyl groups excluding tert-OH is 1. The molecule has 2 fully saturated rings. The molecule has 0 unspecified atom stereocenters. The minimum absolute atomic E-state index is 0.212. The Kier molecular flexibility index (Phi) is 7.45. The number of pyridine rings is 1. The number of aromatic nitrogens is 3. The highest BCUT2D eigenvalue weighted by Gasteiger charge is 2.51. The van der Waals surface area contributed by atoms with Crippen LogP contribution in [0, 0.1) is 6.92 Å². The van der Waals surface area contributed by atoms with E-state index >= 15 is 0 Å². The van der Waals surface area contributed by atoms with E-state index in [1.165, 1.54) is 11.8 Å². The third kappa shape index (κ3) is 5.61. The third-order valence-corrected chi connectivity index (χ3v) is 9.70. The zero-order valence-corrected chi connectivity index (χ0v) is 26.7. The van der Waals surface area contributed by atoms with Gasteiger partial charge in [0.25, 0.3) is 0 Å². The van der Waals surface area contributed by atoms with Gasteiger partial charge in [-0.2, -0.15) is 0 Å². The molecule has 4 aliphatic heterocycles. The fourth-order valence-corrected chi connectivity index (χ4v) is 7.26. The van der Waals surface area contributed by atoms with Gasteiger partial charge in [-0.3, -0.25) is 0 Å². The van der Waals surface area contributed by atoms with Gasteiger partial charge in [-0.15, -0.1) is 0 Å². The van der Waals surface area contributed by atoms with Crippen LogP contribution in [0.5, 0.6) is 11.5 Å². The van der Waals surface area contributed by atoms with Gasteiger partial charge in [0.15, 0.2) is 17.4 Å². The highest BCUT2D eigenvalue weighted by atomic mass is 32.2. The van der Waals surface area contributed by atoms with E-state index in [1.54, 1.807) is 6.20 Å². The van der Waals surface area contributed by atoms with Gasteiger partial charge in [-0.1, -0.05) is 30.0 Å². The number of nitrogens with one attached hydrogen (secondary N) is 2. The number of hydrogen-bond acceptors (Lipinski definition) is 12. The Balaban J connectivity index is 1.09. The molecule has 0 saturated carbocycles. The lowest BCUT2D eigenvalue weighted by molar-refractivity contribution is -0.0652. The summed E-state index contributed by atoms with van der Waals surface area (Å²) >= 11 is 1.45. The second-order valence-corrected chi connectivity index (χ2v) is 14.1. The number of fused-ring (bicyclic) bond motifs is 2. The number of carbonyl (C=O) groups excluding carboxylic acids is 1. The van der Waals surface area contributed by atoms with Gasteiger partial charge in [0.05, 0.1) is 30.4 Å². The van der Waals surface area contributed by atoms with Crippen molar-refractivity contribution < 1.29 is 28.8 Å². The summed E-state index contributed by atoms with van der Waals surface area (Å²) in [6, 6.07) is 9.37. The van der Waals surface area contributed by atoms with Crippen molar-refractivity contribution in [2.45, 2.75) is 79.8 Å². The number of amides is 1. The number of nitrogens with zero attached hydrogens (tertiary/aromatic N) is 4. The maximum absolute atomic E-state index is 12.9. The number of benzene rings is 1. The van der Waals surface area contributed by atoms with Crippen LogP contribution < -0.4 is 25.0 Å². The average molecular weight is 635 g/mol. The molecule has 12 nitrogen and oxygen atoms in total. The molecule has 1 atom stereocenters. The van der Waals surface area contributed by atoms with Gasteiger partial charge < -0.3 is 39.6 Å². The standard InChI is InChI=1S/C32H38N6O6S/c1-19-28(45-23-9-12-33-26-24(23)42-18-31(37-26)16-41-17-31)35-21(15-39)27(34-19)38-13-10-32(11-14-38)25(36-29(40)44-30(2,3)4)20-7-5-6-8-22(20)43-32/h5-9,12,25,39H,10-11,13-18H2,1-4H3,(H,33,37)(H,36,40)/t25-/m1/s1. The molecule has 2 spiro atoms. The molecule has 238 valence electrons. The van der Waals surface area contributed by atoms with Crippen LogP contribution in [0.1, 0.15) is 56.6 Å². The smallest absolute Gasteiger partial charge is 0.408 e. The first-order valence-corrected chi connectivity index (χ1v) is 16.1. The molecule has 1 amide bonds. The summed E-state index contributed by atoms with van der Waals surface area (Å²) in [5.74, 6) is 2.80. The molecule has 0 radical (unpaired) electrons. The van der Waals surface area contributed by atoms with E-state index in [1.807, 2.05) is 58.0 Å². The van der Waals surface area contributed by atoms with E-state index < -0.39 is 17.3 Å². The maximum atomic E-state index is 12.9. The largest absolute Gasteiger partial charge is 0.486 e. The molecule has 3 N–H and O–H groups in total. The van der Waals surface area contributed by atoms with Gasteiger partial charge in [0, 0.05) is 37.7 Å². The minimum Gasteiger partial charge on any atom is -0.486 e. The second-order valence-electron chi connectivity index (χ2n) is 13.1. The predicted octanol–water partition coefficient (Wildman–Crippen LogP) is 4.39. The molecule has 4 aliphatic rings. The van der Waals surface area contributed by atoms with Gasteiger partial charge in [-0.25, -0.2) is 19.7 Å². The minimum atomic E-state index is -0.632. The van der Waals surface area contributed by atoms with Crippen LogP contribution in [0.15, 0.2) is 46.5 Å². The molecule has 0 bridgehead atoms. The van der Waals surface area contributed by atoms with Crippen molar-refractivity contribution in [1.29, 1.82) is 0 Å². The van der Waals surface area contributed by atoms with Crippen molar-refractivity contribution in [3.05, 3.63) is 53.5 Å². The molecule has 7 rings (SSSR count). The lowest BCUT2D eigenvalue weighted by Crippen LogP contribution is -2.61. The molecule has 6 heterocycles. The Bertz CT molecular complexity index is 1620. The Labute approximate surface area is 266 Å². The van der Waals surface area contributed by atoms with Crippen LogP contribution in [-0.2, 0) is 16.1 Å². The van der Waals surface area contributed by atoms with Gasteiger partial charge in [0.2, 0.25) is 0 Å². The first-order chi connectivity index (χ1) is 21.6. The van der Waals surface area contributed by atoms with Crippen molar-refractivity contribution in [3.63, 3.8) is 0 Å². The van der Waals surface area contributed by atoms with E-state index in [-0.39, 0.29) is 18.2 Å². The van der Waals surface area contributed by atoms with Crippen molar-refractivity contribution in [1.82, 2.24) is 20.3 Å². The summed E-state index contributed by atoms with van der Waals surface area (Å²) in [4.78, 5) is 30.2. The highest BCUT2D eigenvalue weighted by molar-refractivity contribution is 7.99. The topological polar surface area (TPSA) is 140 Å². The van der Waals surface area contributed by atoms with Gasteiger partial charge in [-0.05, 0) is 39.8 Å². The van der Waals surface area contributed by atoms with Crippen molar-refractivity contribution in [2.24, 2.45) is 0 Å². The summed E-state index contributed by atoms with van der Waals surface area (Å²) < 4.78 is 23.7. The number of aliphatic hydroxyl groups is 1. The average Bonchev–Trinajstić information content (AvgIpc) is 3.28. The second kappa shape index (κ2) is 11.2. The first kappa shape index (κ1) is 29.9. The summed E-state index contributed by atoms with van der Waals surface area (Å²) in [7, 11) is 0. The van der Waals surface area contributed by atoms with E-state index in [4.69, 9.17) is 28.9 Å². The Morgan fingerprint density at radius 3 is 2.67 bits per heavy atom. The van der Waals surface area contributed by atoms with Crippen LogP contribution >= 0.6 is 11.8 Å². The van der Waals surface area contributed by atoms with Crippen LogP contribution in [-0.4, -0.2) is 75.8 Å². The molecule has 13 heteroatoms. The number of para-hydroxylation sites is 1. The van der Waals surface area contributed by atoms with Gasteiger partial charge in [0.1, 0.15) is 45.9 Å². The molecule has 3 aromatic rings. The zero-order chi connectivity index (χ0) is 31.4. The Hall–Kier alpha value is -3.81. The predicted molar refractivity (Wildman–Crippen MR) is 167 cm³/mol. The number of rotatable bonds is 5. The number of carbonyl (C=O) groups is 1. The van der Waals surface area contributed by atoms with Crippen molar-refractivity contribution >= 4 is 29.5 Å². The van der Waals surface area contributed by atoms with E-state index in [0.29, 0.717) is 73.9 Å². The van der Waals surface area contributed by atoms with E-state index in [2.05, 4.69) is 20.5 Å². The monoisotopic (exact) mass is 634 g/mol. The molecule has 1 aromatic carbocycles. The fourth-order valence-electron chi connectivity index (χ4n) is 6.32. The molecular weight excluding hydrogens is 596 g/mol. The fraction of sp³-hybridized carbons (Fsp3) is 0.500. The number of aryl methyl sites for hydroxylation is 1. The maximum Gasteiger partial charge on any atom is 0.408 e.